The van der Waals surface area contributed by atoms with Gasteiger partial charge in [0.2, 0.25) is 0 Å². The quantitative estimate of drug-likeness (QED) is 0.478. The second-order valence-corrected chi connectivity index (χ2v) is 13.3. The predicted molar refractivity (Wildman–Crippen MR) is 48.9 cm³/mol. The molecule has 1 aliphatic carbocycles. The van der Waals surface area contributed by atoms with E-state index in [9.17, 15) is 0 Å². The standard InChI is InChI=1S/C5H5.C2H7O2Si.CH3.3ClH.Ti/c1-2-4-5-3-1;1-3-5-4-2;;;;;/h1-3H,4H2;5H,1-2H3;1H3;3*1H;/q;;;;;;+3/p-3. The third-order valence-electron chi connectivity index (χ3n) is 2.06. The average molecular weight is 326 g/mol. The van der Waals surface area contributed by atoms with E-state index in [0.717, 1.165) is 6.42 Å². The van der Waals surface area contributed by atoms with Crippen molar-refractivity contribution in [2.45, 2.75) is 11.6 Å². The largest absolute Gasteiger partial charge is 1.00 e. The van der Waals surface area contributed by atoms with Crippen molar-refractivity contribution < 1.29 is 63.2 Å². The van der Waals surface area contributed by atoms with E-state index in [2.05, 4.69) is 23.5 Å². The summed E-state index contributed by atoms with van der Waals surface area (Å²) in [6.07, 6.45) is 7.74. The summed E-state index contributed by atoms with van der Waals surface area (Å²) >= 11 is -1.15. The Morgan fingerprint density at radius 1 is 1.20 bits per heavy atom. The van der Waals surface area contributed by atoms with Crippen molar-refractivity contribution in [1.29, 1.82) is 0 Å². The zero-order chi connectivity index (χ0) is 8.97. The van der Waals surface area contributed by atoms with Gasteiger partial charge in [0.25, 0.3) is 0 Å². The van der Waals surface area contributed by atoms with Crippen LogP contribution in [0.15, 0.2) is 22.1 Å². The first kappa shape index (κ1) is 21.5. The van der Waals surface area contributed by atoms with E-state index in [-0.39, 0.29) is 37.2 Å². The van der Waals surface area contributed by atoms with E-state index in [1.807, 2.05) is 0 Å². The van der Waals surface area contributed by atoms with Crippen molar-refractivity contribution in [3.8, 4) is 0 Å². The maximum atomic E-state index is 5.40. The first-order valence-corrected chi connectivity index (χ1v) is 10.6. The van der Waals surface area contributed by atoms with Gasteiger partial charge in [0, 0.05) is 0 Å². The molecule has 0 aromatic rings. The fourth-order valence-electron chi connectivity index (χ4n) is 1.34. The van der Waals surface area contributed by atoms with Crippen LogP contribution < -0.4 is 37.2 Å². The normalized spacial score (nSPS) is 11.8. The molecule has 0 fully saturated rings. The number of allylic oxidation sites excluding steroid dienone is 4. The van der Waals surface area contributed by atoms with E-state index in [1.54, 1.807) is 18.1 Å². The Bertz CT molecular complexity index is 210. The molecule has 0 aromatic carbocycles. The van der Waals surface area contributed by atoms with Gasteiger partial charge < -0.3 is 37.2 Å². The fraction of sp³-hybridized carbons (Fsp3) is 0.500. The van der Waals surface area contributed by atoms with E-state index in [0.29, 0.717) is 0 Å². The van der Waals surface area contributed by atoms with Crippen LogP contribution in [0.25, 0.3) is 0 Å². The van der Waals surface area contributed by atoms with Crippen molar-refractivity contribution in [1.82, 2.24) is 0 Å². The summed E-state index contributed by atoms with van der Waals surface area (Å²) in [5.41, 5.74) is 0. The van der Waals surface area contributed by atoms with Gasteiger partial charge in [0.1, 0.15) is 0 Å². The Morgan fingerprint density at radius 3 is 2.07 bits per heavy atom. The van der Waals surface area contributed by atoms with Gasteiger partial charge >= 0.3 is 81.1 Å². The molecule has 0 aliphatic heterocycles. The van der Waals surface area contributed by atoms with Gasteiger partial charge in [0.05, 0.1) is 0 Å². The summed E-state index contributed by atoms with van der Waals surface area (Å²) < 4.78 is 12.4. The van der Waals surface area contributed by atoms with Crippen LogP contribution in [-0.2, 0) is 26.0 Å². The maximum Gasteiger partial charge on any atom is -1.00 e. The summed E-state index contributed by atoms with van der Waals surface area (Å²) in [5, 5.41) is 2.35. The molecule has 0 saturated carbocycles. The number of halogens is 3. The zero-order valence-electron chi connectivity index (χ0n) is 8.97. The fourth-order valence-corrected chi connectivity index (χ4v) is 9.40. The minimum Gasteiger partial charge on any atom is -1.00 e. The van der Waals surface area contributed by atoms with Crippen LogP contribution in [0.4, 0.5) is 0 Å². The molecule has 0 saturated heterocycles. The van der Waals surface area contributed by atoms with Crippen LogP contribution in [0.2, 0.25) is 5.23 Å². The molecule has 0 aromatic heterocycles. The molecular weight excluding hydrogens is 310 g/mol. The number of rotatable bonds is 4. The Balaban J connectivity index is -0.000000480. The van der Waals surface area contributed by atoms with E-state index < -0.39 is 24.3 Å². The maximum absolute atomic E-state index is 5.40. The van der Waals surface area contributed by atoms with Crippen LogP contribution in [0.1, 0.15) is 6.42 Å². The predicted octanol–water partition coefficient (Wildman–Crippen LogP) is -7.48. The van der Waals surface area contributed by atoms with E-state index >= 15 is 0 Å². The average Bonchev–Trinajstić information content (AvgIpc) is 2.58. The minimum absolute atomic E-state index is 0. The molecule has 0 radical (unpaired) electrons. The van der Waals surface area contributed by atoms with Crippen LogP contribution in [0.5, 0.6) is 0 Å². The first-order chi connectivity index (χ1) is 5.79. The molecule has 2 nitrogen and oxygen atoms in total. The Hall–Kier alpha value is 1.20. The zero-order valence-corrected chi connectivity index (χ0v) is 14.0. The molecule has 88 valence electrons. The Morgan fingerprint density at radius 2 is 1.73 bits per heavy atom. The third kappa shape index (κ3) is 6.49. The molecule has 0 N–H and O–H groups in total. The molecule has 0 unspecified atom stereocenters. The number of hydrogen-bond donors (Lipinski definition) is 0. The summed E-state index contributed by atoms with van der Waals surface area (Å²) in [6.45, 7) is 0. The van der Waals surface area contributed by atoms with Crippen LogP contribution in [0.3, 0.4) is 0 Å². The van der Waals surface area contributed by atoms with Crippen LogP contribution in [0, 0.1) is 0 Å². The molecular formula is C8H15Cl3O2SiTi. The first-order valence-electron chi connectivity index (χ1n) is 4.04. The van der Waals surface area contributed by atoms with E-state index in [1.165, 1.54) is 0 Å². The van der Waals surface area contributed by atoms with Gasteiger partial charge in [-0.15, -0.1) is 0 Å². The van der Waals surface area contributed by atoms with Gasteiger partial charge in [-0.25, -0.2) is 0 Å². The summed E-state index contributed by atoms with van der Waals surface area (Å²) in [5.74, 6) is 0. The molecule has 1 aliphatic rings. The Kier molecular flexibility index (Phi) is 16.7. The summed E-state index contributed by atoms with van der Waals surface area (Å²) in [4.78, 5) is 0. The second kappa shape index (κ2) is 11.7. The monoisotopic (exact) mass is 324 g/mol. The van der Waals surface area contributed by atoms with Gasteiger partial charge in [-0.2, -0.15) is 0 Å². The second-order valence-electron chi connectivity index (χ2n) is 2.81. The van der Waals surface area contributed by atoms with Gasteiger partial charge in [-0.1, -0.05) is 0 Å². The topological polar surface area (TPSA) is 18.5 Å². The van der Waals surface area contributed by atoms with Crippen molar-refractivity contribution in [2.24, 2.45) is 0 Å². The molecule has 0 atom stereocenters. The van der Waals surface area contributed by atoms with Crippen molar-refractivity contribution >= 4 is 7.15 Å². The van der Waals surface area contributed by atoms with Gasteiger partial charge in [0.15, 0.2) is 0 Å². The molecule has 1 rings (SSSR count). The SMILES string of the molecule is CO[SiH](OC)[Ti+3]([CH3])[C]1=CC=CC1.[Cl-].[Cl-].[Cl-]. The third-order valence-corrected chi connectivity index (χ3v) is 12.8. The molecule has 0 heterocycles. The van der Waals surface area contributed by atoms with Crippen molar-refractivity contribution in [3.63, 3.8) is 0 Å². The Labute approximate surface area is 118 Å². The van der Waals surface area contributed by atoms with E-state index in [4.69, 9.17) is 8.85 Å². The van der Waals surface area contributed by atoms with Crippen LogP contribution in [-0.4, -0.2) is 21.4 Å². The smallest absolute Gasteiger partial charge is 1.00 e. The minimum atomic E-state index is -1.28. The van der Waals surface area contributed by atoms with Crippen molar-refractivity contribution in [2.75, 3.05) is 14.2 Å². The molecule has 15 heavy (non-hydrogen) atoms. The number of hydrogen-bond acceptors (Lipinski definition) is 2. The summed E-state index contributed by atoms with van der Waals surface area (Å²) in [6, 6.07) is 0. The molecule has 0 amide bonds. The van der Waals surface area contributed by atoms with Gasteiger partial charge in [-0.3, -0.25) is 0 Å². The van der Waals surface area contributed by atoms with Crippen LogP contribution >= 0.6 is 0 Å². The molecule has 0 bridgehead atoms. The van der Waals surface area contributed by atoms with Gasteiger partial charge in [-0.05, 0) is 0 Å². The summed E-state index contributed by atoms with van der Waals surface area (Å²) in [7, 11) is 2.27. The molecule has 7 heteroatoms. The van der Waals surface area contributed by atoms with Crippen molar-refractivity contribution in [3.05, 3.63) is 22.1 Å². The molecule has 0 spiro atoms.